The van der Waals surface area contributed by atoms with Crippen molar-refractivity contribution in [3.05, 3.63) is 66.0 Å². The zero-order valence-corrected chi connectivity index (χ0v) is 21.1. The van der Waals surface area contributed by atoms with Gasteiger partial charge in [-0.2, -0.15) is 9.97 Å². The number of benzene rings is 2. The molecule has 2 aromatic heterocycles. The molecule has 0 aliphatic heterocycles. The van der Waals surface area contributed by atoms with E-state index >= 15 is 0 Å². The Balaban J connectivity index is 1.36. The number of anilines is 2. The number of rotatable bonds is 9. The van der Waals surface area contributed by atoms with Gasteiger partial charge in [-0.3, -0.25) is 0 Å². The molecule has 9 heteroatoms. The molecule has 0 amide bonds. The molecule has 0 spiro atoms. The molecular weight excluding hydrogens is 468 g/mol. The second kappa shape index (κ2) is 10.2. The van der Waals surface area contributed by atoms with Crippen molar-refractivity contribution >= 4 is 28.9 Å². The van der Waals surface area contributed by atoms with Gasteiger partial charge in [0.2, 0.25) is 5.95 Å². The Labute approximate surface area is 215 Å². The molecule has 1 aliphatic carbocycles. The van der Waals surface area contributed by atoms with Crippen LogP contribution in [0.1, 0.15) is 61.5 Å². The standard InChI is InChI=1S/C28H32N6O3/c1-28(2,37)16-30-27-32-24(23-25(33-27)34(17-31-23)22-5-3-4-6-22)29-15-18-7-9-19(10-8-18)20-11-13-21(14-12-20)26(35)36/h7-14,17,22,37H,3-6,15-16H2,1-2H3,(H,35,36)(H2,29,30,32,33). The molecule has 9 nitrogen and oxygen atoms in total. The van der Waals surface area contributed by atoms with Crippen LogP contribution in [0, 0.1) is 0 Å². The monoisotopic (exact) mass is 500 g/mol. The van der Waals surface area contributed by atoms with Gasteiger partial charge in [0.25, 0.3) is 0 Å². The number of aromatic nitrogens is 4. The van der Waals surface area contributed by atoms with Crippen LogP contribution in [0.4, 0.5) is 11.8 Å². The first-order chi connectivity index (χ1) is 17.8. The number of hydrogen-bond donors (Lipinski definition) is 4. The molecule has 0 bridgehead atoms. The molecule has 37 heavy (non-hydrogen) atoms. The molecule has 1 saturated carbocycles. The number of carbonyl (C=O) groups is 1. The minimum Gasteiger partial charge on any atom is -0.478 e. The first-order valence-corrected chi connectivity index (χ1v) is 12.6. The molecule has 2 heterocycles. The number of aromatic carboxylic acids is 1. The average molecular weight is 501 g/mol. The molecule has 0 radical (unpaired) electrons. The third kappa shape index (κ3) is 5.72. The summed E-state index contributed by atoms with van der Waals surface area (Å²) in [6.07, 6.45) is 6.53. The summed E-state index contributed by atoms with van der Waals surface area (Å²) in [4.78, 5) is 25.2. The fourth-order valence-corrected chi connectivity index (χ4v) is 4.67. The van der Waals surface area contributed by atoms with Gasteiger partial charge < -0.3 is 25.4 Å². The summed E-state index contributed by atoms with van der Waals surface area (Å²) < 4.78 is 2.16. The molecule has 0 unspecified atom stereocenters. The van der Waals surface area contributed by atoms with Crippen LogP contribution < -0.4 is 10.6 Å². The van der Waals surface area contributed by atoms with Crippen molar-refractivity contribution in [1.29, 1.82) is 0 Å². The van der Waals surface area contributed by atoms with E-state index in [0.29, 0.717) is 30.9 Å². The summed E-state index contributed by atoms with van der Waals surface area (Å²) in [5.41, 5.74) is 3.94. The van der Waals surface area contributed by atoms with E-state index in [4.69, 9.17) is 10.1 Å². The number of carboxylic acids is 1. The third-order valence-corrected chi connectivity index (χ3v) is 6.70. The molecule has 5 rings (SSSR count). The Hall–Kier alpha value is -3.98. The summed E-state index contributed by atoms with van der Waals surface area (Å²) in [6.45, 7) is 4.35. The lowest BCUT2D eigenvalue weighted by atomic mass is 10.0. The molecule has 4 aromatic rings. The van der Waals surface area contributed by atoms with Crippen LogP contribution in [0.5, 0.6) is 0 Å². The highest BCUT2D eigenvalue weighted by atomic mass is 16.4. The Bertz CT molecular complexity index is 1380. The number of carboxylic acid groups (broad SMARTS) is 1. The average Bonchev–Trinajstić information content (AvgIpc) is 3.56. The van der Waals surface area contributed by atoms with Gasteiger partial charge >= 0.3 is 5.97 Å². The lowest BCUT2D eigenvalue weighted by molar-refractivity contribution is 0.0696. The second-order valence-electron chi connectivity index (χ2n) is 10.3. The maximum absolute atomic E-state index is 11.1. The highest BCUT2D eigenvalue weighted by Crippen LogP contribution is 2.33. The van der Waals surface area contributed by atoms with E-state index in [1.54, 1.807) is 26.0 Å². The maximum atomic E-state index is 11.1. The minimum absolute atomic E-state index is 0.271. The lowest BCUT2D eigenvalue weighted by Gasteiger charge is -2.18. The van der Waals surface area contributed by atoms with Crippen LogP contribution in [0.3, 0.4) is 0 Å². The highest BCUT2D eigenvalue weighted by molar-refractivity contribution is 5.88. The van der Waals surface area contributed by atoms with E-state index in [2.05, 4.69) is 25.2 Å². The Morgan fingerprint density at radius 3 is 2.27 bits per heavy atom. The molecular formula is C28H32N6O3. The summed E-state index contributed by atoms with van der Waals surface area (Å²) in [5, 5.41) is 25.9. The fraction of sp³-hybridized carbons (Fsp3) is 0.357. The van der Waals surface area contributed by atoms with E-state index in [1.165, 1.54) is 12.8 Å². The van der Waals surface area contributed by atoms with Gasteiger partial charge in [0, 0.05) is 19.1 Å². The van der Waals surface area contributed by atoms with Gasteiger partial charge in [0.15, 0.2) is 17.0 Å². The number of fused-ring (bicyclic) bond motifs is 1. The van der Waals surface area contributed by atoms with E-state index < -0.39 is 11.6 Å². The van der Waals surface area contributed by atoms with Crippen LogP contribution in [-0.2, 0) is 6.54 Å². The van der Waals surface area contributed by atoms with Crippen molar-refractivity contribution in [3.63, 3.8) is 0 Å². The third-order valence-electron chi connectivity index (χ3n) is 6.70. The molecule has 0 saturated heterocycles. The molecule has 1 aliphatic rings. The predicted molar refractivity (Wildman–Crippen MR) is 144 cm³/mol. The van der Waals surface area contributed by atoms with Crippen molar-refractivity contribution in [3.8, 4) is 11.1 Å². The van der Waals surface area contributed by atoms with E-state index in [9.17, 15) is 9.90 Å². The SMILES string of the molecule is CC(C)(O)CNc1nc(NCc2ccc(-c3ccc(C(=O)O)cc3)cc2)c2ncn(C3CCCC3)c2n1. The normalized spacial score (nSPS) is 14.2. The van der Waals surface area contributed by atoms with E-state index in [-0.39, 0.29) is 5.56 Å². The molecule has 1 fully saturated rings. The first kappa shape index (κ1) is 24.7. The Kier molecular flexibility index (Phi) is 6.80. The summed E-state index contributed by atoms with van der Waals surface area (Å²) in [5.74, 6) is 0.170. The van der Waals surface area contributed by atoms with Crippen LogP contribution in [0.2, 0.25) is 0 Å². The highest BCUT2D eigenvalue weighted by Gasteiger charge is 2.22. The topological polar surface area (TPSA) is 125 Å². The quantitative estimate of drug-likeness (QED) is 0.250. The van der Waals surface area contributed by atoms with Gasteiger partial charge in [-0.05, 0) is 55.5 Å². The number of imidazole rings is 1. The smallest absolute Gasteiger partial charge is 0.335 e. The number of nitrogens with one attached hydrogen (secondary N) is 2. The largest absolute Gasteiger partial charge is 0.478 e. The van der Waals surface area contributed by atoms with E-state index in [1.807, 2.05) is 42.7 Å². The van der Waals surface area contributed by atoms with Crippen LogP contribution in [-0.4, -0.2) is 47.8 Å². The van der Waals surface area contributed by atoms with Crippen molar-refractivity contribution < 1.29 is 15.0 Å². The van der Waals surface area contributed by atoms with Gasteiger partial charge in [0.05, 0.1) is 17.5 Å². The molecule has 192 valence electrons. The van der Waals surface area contributed by atoms with Crippen molar-refractivity contribution in [2.45, 2.75) is 57.7 Å². The molecule has 2 aromatic carbocycles. The first-order valence-electron chi connectivity index (χ1n) is 12.6. The maximum Gasteiger partial charge on any atom is 0.335 e. The predicted octanol–water partition coefficient (Wildman–Crippen LogP) is 5.10. The van der Waals surface area contributed by atoms with Gasteiger partial charge in [-0.15, -0.1) is 0 Å². The van der Waals surface area contributed by atoms with Crippen LogP contribution >= 0.6 is 0 Å². The van der Waals surface area contributed by atoms with Crippen molar-refractivity contribution in [2.75, 3.05) is 17.2 Å². The van der Waals surface area contributed by atoms with Gasteiger partial charge in [0.1, 0.15) is 0 Å². The molecule has 4 N–H and O–H groups in total. The van der Waals surface area contributed by atoms with Crippen molar-refractivity contribution in [2.24, 2.45) is 0 Å². The van der Waals surface area contributed by atoms with Gasteiger partial charge in [-0.25, -0.2) is 9.78 Å². The summed E-state index contributed by atoms with van der Waals surface area (Å²) in [7, 11) is 0. The number of nitrogens with zero attached hydrogens (tertiary/aromatic N) is 4. The zero-order valence-electron chi connectivity index (χ0n) is 21.1. The number of aliphatic hydroxyl groups is 1. The van der Waals surface area contributed by atoms with Crippen LogP contribution in [0.15, 0.2) is 54.9 Å². The lowest BCUT2D eigenvalue weighted by Crippen LogP contribution is -2.30. The summed E-state index contributed by atoms with van der Waals surface area (Å²) >= 11 is 0. The zero-order chi connectivity index (χ0) is 26.0. The van der Waals surface area contributed by atoms with Crippen LogP contribution in [0.25, 0.3) is 22.3 Å². The Morgan fingerprint density at radius 2 is 1.65 bits per heavy atom. The fourth-order valence-electron chi connectivity index (χ4n) is 4.67. The van der Waals surface area contributed by atoms with Crippen molar-refractivity contribution in [1.82, 2.24) is 19.5 Å². The van der Waals surface area contributed by atoms with E-state index in [0.717, 1.165) is 40.7 Å². The number of hydrogen-bond acceptors (Lipinski definition) is 7. The van der Waals surface area contributed by atoms with Gasteiger partial charge in [-0.1, -0.05) is 49.2 Å². The minimum atomic E-state index is -0.932. The molecule has 0 atom stereocenters. The second-order valence-corrected chi connectivity index (χ2v) is 10.3. The Morgan fingerprint density at radius 1 is 1.00 bits per heavy atom. The summed E-state index contributed by atoms with van der Waals surface area (Å²) in [6, 6.07) is 15.4.